The average molecular weight is 1300 g/mol. The Balaban J connectivity index is 4.13. The molecule has 9 nitrogen and oxygen atoms in total. The highest BCUT2D eigenvalue weighted by molar-refractivity contribution is 7.45. The quantitative estimate of drug-likeness (QED) is 0.0195. The van der Waals surface area contributed by atoms with Gasteiger partial charge in [-0.25, -0.2) is 0 Å². The van der Waals surface area contributed by atoms with Crippen LogP contribution in [0.4, 0.5) is 0 Å². The summed E-state index contributed by atoms with van der Waals surface area (Å²) in [5.74, 6) is -0.860. The van der Waals surface area contributed by atoms with Gasteiger partial charge in [-0.05, 0) is 103 Å². The first-order valence-electron chi connectivity index (χ1n) is 37.5. The van der Waals surface area contributed by atoms with Gasteiger partial charge in [0.25, 0.3) is 7.82 Å². The fraction of sp³-hybridized carbons (Fsp3) is 0.683. The molecule has 0 aliphatic carbocycles. The monoisotopic (exact) mass is 1300 g/mol. The Kier molecular flexibility index (Phi) is 68.0. The average Bonchev–Trinajstić information content (AvgIpc) is 2.23. The molecular weight excluding hydrogens is 1160 g/mol. The number of unbranched alkanes of at least 4 members (excludes halogenated alkanes) is 30. The first-order valence-corrected chi connectivity index (χ1v) is 39.0. The van der Waals surface area contributed by atoms with Crippen molar-refractivity contribution >= 4 is 19.8 Å². The number of phosphoric acid groups is 1. The Morgan fingerprint density at radius 2 is 0.620 bits per heavy atom. The van der Waals surface area contributed by atoms with Crippen LogP contribution < -0.4 is 4.89 Å². The highest BCUT2D eigenvalue weighted by Crippen LogP contribution is 2.38. The molecule has 0 spiro atoms. The van der Waals surface area contributed by atoms with Gasteiger partial charge in [0.2, 0.25) is 0 Å². The van der Waals surface area contributed by atoms with Crippen molar-refractivity contribution in [2.45, 2.75) is 315 Å². The van der Waals surface area contributed by atoms with Gasteiger partial charge >= 0.3 is 11.9 Å². The molecule has 0 saturated carbocycles. The molecule has 0 heterocycles. The number of allylic oxidation sites excluding steroid dienone is 24. The minimum atomic E-state index is -4.66. The first-order chi connectivity index (χ1) is 45.0. The Morgan fingerprint density at radius 3 is 0.924 bits per heavy atom. The number of nitrogens with zero attached hydrogens (tertiary/aromatic N) is 1. The van der Waals surface area contributed by atoms with Crippen LogP contribution >= 0.6 is 7.82 Å². The maximum Gasteiger partial charge on any atom is 0.306 e. The molecule has 0 rings (SSSR count). The molecule has 0 fully saturated rings. The Hall–Kier alpha value is -4.11. The Labute approximate surface area is 567 Å². The standard InChI is InChI=1S/C82H140NO8P/c1-6-8-10-12-14-16-18-20-22-24-26-28-30-32-34-35-36-37-38-39-40-41-42-43-44-45-46-47-49-51-53-55-57-59-61-63-65-67-69-71-73-75-82(85)91-80(79-90-92(86,87)89-77-76-83(3,4)5)78-88-81(84)74-72-70-68-66-64-62-60-58-56-54-52-50-48-33-31-29-27-25-23-21-19-17-15-13-11-9-7-2/h8,10,14,16,20,22,26,28,32,34,36-37,39-40,42-43,45-46,49,51,55,57,61,63,80H,6-7,9,11-13,15,17-19,21,23-25,27,29-31,33,35,38,41,44,47-48,50,52-54,56,58-60,62,64-79H2,1-5H3/b10-8-,16-14-,22-20-,28-26-,34-32-,37-36-,40-39-,43-42-,46-45-,51-49-,57-55-,63-61-. The van der Waals surface area contributed by atoms with Gasteiger partial charge < -0.3 is 27.9 Å². The normalized spacial score (nSPS) is 13.9. The van der Waals surface area contributed by atoms with Gasteiger partial charge in [-0.2, -0.15) is 0 Å². The zero-order chi connectivity index (χ0) is 66.9. The van der Waals surface area contributed by atoms with E-state index in [9.17, 15) is 19.0 Å². The zero-order valence-electron chi connectivity index (χ0n) is 59.9. The van der Waals surface area contributed by atoms with Crippen LogP contribution in [0.3, 0.4) is 0 Å². The third-order valence-corrected chi connectivity index (χ3v) is 16.8. The second-order valence-corrected chi connectivity index (χ2v) is 27.3. The number of ether oxygens (including phenoxy) is 2. The minimum Gasteiger partial charge on any atom is -0.756 e. The van der Waals surface area contributed by atoms with E-state index < -0.39 is 26.5 Å². The van der Waals surface area contributed by atoms with E-state index in [1.807, 2.05) is 21.1 Å². The summed E-state index contributed by atoms with van der Waals surface area (Å²) in [6.07, 6.45) is 105. The molecule has 0 amide bonds. The highest BCUT2D eigenvalue weighted by atomic mass is 31.2. The lowest BCUT2D eigenvalue weighted by Crippen LogP contribution is -2.37. The van der Waals surface area contributed by atoms with E-state index in [1.165, 1.54) is 154 Å². The van der Waals surface area contributed by atoms with Gasteiger partial charge in [-0.3, -0.25) is 14.2 Å². The summed E-state index contributed by atoms with van der Waals surface area (Å²) < 4.78 is 34.3. The molecule has 2 unspecified atom stereocenters. The van der Waals surface area contributed by atoms with E-state index in [0.29, 0.717) is 17.4 Å². The number of phosphoric ester groups is 1. The number of esters is 2. The van der Waals surface area contributed by atoms with Crippen molar-refractivity contribution in [2.75, 3.05) is 47.5 Å². The molecule has 0 N–H and O–H groups in total. The minimum absolute atomic E-state index is 0.0417. The molecule has 0 aromatic rings. The SMILES string of the molecule is CC/C=C\C/C=C\C/C=C\C/C=C\C/C=C\C/C=C\C/C=C\C/C=C\C/C=C\C/C=C\C/C=C\C/C=C\CCCCCCC(=O)OC(COC(=O)CCCCCCCCCCCCCCCCCCCCCCCCCCCCC)COP(=O)([O-])OCC[N+](C)(C)C. The summed E-state index contributed by atoms with van der Waals surface area (Å²) >= 11 is 0. The number of hydrogen-bond donors (Lipinski definition) is 0. The highest BCUT2D eigenvalue weighted by Gasteiger charge is 2.22. The van der Waals surface area contributed by atoms with Crippen LogP contribution in [-0.2, 0) is 32.7 Å². The van der Waals surface area contributed by atoms with Crippen LogP contribution in [0.25, 0.3) is 0 Å². The first kappa shape index (κ1) is 87.9. The van der Waals surface area contributed by atoms with Gasteiger partial charge in [-0.15, -0.1) is 0 Å². The third-order valence-electron chi connectivity index (χ3n) is 15.9. The van der Waals surface area contributed by atoms with Crippen LogP contribution in [0.1, 0.15) is 309 Å². The lowest BCUT2D eigenvalue weighted by atomic mass is 10.0. The van der Waals surface area contributed by atoms with E-state index in [-0.39, 0.29) is 32.0 Å². The molecule has 0 aromatic heterocycles. The molecule has 526 valence electrons. The van der Waals surface area contributed by atoms with Crippen LogP contribution in [-0.4, -0.2) is 70.0 Å². The van der Waals surface area contributed by atoms with E-state index in [2.05, 4.69) is 160 Å². The van der Waals surface area contributed by atoms with Gasteiger partial charge in [0, 0.05) is 12.8 Å². The fourth-order valence-corrected chi connectivity index (χ4v) is 10.9. The number of rotatable bonds is 68. The molecule has 2 atom stereocenters. The lowest BCUT2D eigenvalue weighted by molar-refractivity contribution is -0.870. The van der Waals surface area contributed by atoms with Crippen LogP contribution in [0.15, 0.2) is 146 Å². The predicted octanol–water partition coefficient (Wildman–Crippen LogP) is 24.3. The van der Waals surface area contributed by atoms with Gasteiger partial charge in [0.05, 0.1) is 27.7 Å². The van der Waals surface area contributed by atoms with Crippen LogP contribution in [0.5, 0.6) is 0 Å². The summed E-state index contributed by atoms with van der Waals surface area (Å²) in [5.41, 5.74) is 0. The smallest absolute Gasteiger partial charge is 0.306 e. The molecule has 0 aromatic carbocycles. The van der Waals surface area contributed by atoms with Crippen LogP contribution in [0.2, 0.25) is 0 Å². The maximum atomic E-state index is 12.9. The van der Waals surface area contributed by atoms with E-state index in [4.69, 9.17) is 18.5 Å². The van der Waals surface area contributed by atoms with Gasteiger partial charge in [-0.1, -0.05) is 339 Å². The van der Waals surface area contributed by atoms with E-state index in [1.54, 1.807) is 0 Å². The van der Waals surface area contributed by atoms with Crippen molar-refractivity contribution in [1.82, 2.24) is 0 Å². The summed E-state index contributed by atoms with van der Waals surface area (Å²) in [5, 5.41) is 0. The van der Waals surface area contributed by atoms with Crippen molar-refractivity contribution in [3.05, 3.63) is 146 Å². The summed E-state index contributed by atoms with van der Waals surface area (Å²) in [6.45, 7) is 4.12. The topological polar surface area (TPSA) is 111 Å². The van der Waals surface area contributed by atoms with E-state index in [0.717, 1.165) is 122 Å². The van der Waals surface area contributed by atoms with Crippen molar-refractivity contribution in [1.29, 1.82) is 0 Å². The molecule has 0 bridgehead atoms. The van der Waals surface area contributed by atoms with Crippen molar-refractivity contribution in [2.24, 2.45) is 0 Å². The molecule has 0 radical (unpaired) electrons. The Bertz CT molecular complexity index is 2070. The maximum absolute atomic E-state index is 12.9. The van der Waals surface area contributed by atoms with Crippen molar-refractivity contribution in [3.63, 3.8) is 0 Å². The lowest BCUT2D eigenvalue weighted by Gasteiger charge is -2.28. The molecular formula is C82H140NO8P. The molecule has 0 aliphatic rings. The zero-order valence-corrected chi connectivity index (χ0v) is 60.8. The summed E-state index contributed by atoms with van der Waals surface area (Å²) in [6, 6.07) is 0. The number of quaternary nitrogens is 1. The largest absolute Gasteiger partial charge is 0.756 e. The van der Waals surface area contributed by atoms with Gasteiger partial charge in [0.1, 0.15) is 19.8 Å². The molecule has 10 heteroatoms. The Morgan fingerprint density at radius 1 is 0.348 bits per heavy atom. The number of carbonyl (C=O) groups excluding carboxylic acids is 2. The van der Waals surface area contributed by atoms with Gasteiger partial charge in [0.15, 0.2) is 6.10 Å². The van der Waals surface area contributed by atoms with Crippen molar-refractivity contribution in [3.8, 4) is 0 Å². The third kappa shape index (κ3) is 74.9. The second-order valence-electron chi connectivity index (χ2n) is 25.9. The fourth-order valence-electron chi connectivity index (χ4n) is 10.2. The molecule has 0 aliphatic heterocycles. The molecule has 0 saturated heterocycles. The van der Waals surface area contributed by atoms with Crippen molar-refractivity contribution < 1.29 is 42.1 Å². The number of carbonyl (C=O) groups is 2. The number of hydrogen-bond acceptors (Lipinski definition) is 8. The second kappa shape index (κ2) is 71.2. The van der Waals surface area contributed by atoms with E-state index >= 15 is 0 Å². The summed E-state index contributed by atoms with van der Waals surface area (Å²) in [4.78, 5) is 38.1. The number of likely N-dealkylation sites (N-methyl/N-ethyl adjacent to an activating group) is 1. The summed E-state index contributed by atoms with van der Waals surface area (Å²) in [7, 11) is 1.14. The van der Waals surface area contributed by atoms with Crippen LogP contribution in [0, 0.1) is 0 Å². The predicted molar refractivity (Wildman–Crippen MR) is 397 cm³/mol. The molecule has 92 heavy (non-hydrogen) atoms.